The highest BCUT2D eigenvalue weighted by Crippen LogP contribution is 2.21. The van der Waals surface area contributed by atoms with Gasteiger partial charge >= 0.3 is 0 Å². The van der Waals surface area contributed by atoms with Gasteiger partial charge in [0.05, 0.1) is 6.07 Å². The molecule has 2 nitrogen and oxygen atoms in total. The lowest BCUT2D eigenvalue weighted by molar-refractivity contribution is 0.341. The number of rotatable bonds is 9. The minimum atomic E-state index is -0.315. The molecular weight excluding hydrogens is 228 g/mol. The van der Waals surface area contributed by atoms with Gasteiger partial charge in [-0.25, -0.2) is 0 Å². The minimum Gasteiger partial charge on any atom is -0.297 e. The second-order valence-corrected chi connectivity index (χ2v) is 6.59. The molecule has 0 aromatic heterocycles. The third-order valence-electron chi connectivity index (χ3n) is 3.11. The van der Waals surface area contributed by atoms with Crippen molar-refractivity contribution in [2.45, 2.75) is 77.1 Å². The first-order chi connectivity index (χ1) is 7.99. The number of nitrogens with one attached hydrogen (secondary N) is 1. The fourth-order valence-corrected chi connectivity index (χ4v) is 2.80. The maximum atomic E-state index is 9.36. The molecule has 0 fully saturated rings. The SMILES string of the molecule is CCC(C)SCCCC(C#N)(CC)NC(C)C. The van der Waals surface area contributed by atoms with E-state index in [2.05, 4.69) is 46.0 Å². The Balaban J connectivity index is 4.06. The van der Waals surface area contributed by atoms with Crippen LogP contribution in [0, 0.1) is 11.3 Å². The Morgan fingerprint density at radius 1 is 1.29 bits per heavy atom. The highest BCUT2D eigenvalue weighted by molar-refractivity contribution is 7.99. The predicted molar refractivity (Wildman–Crippen MR) is 78.4 cm³/mol. The lowest BCUT2D eigenvalue weighted by Crippen LogP contribution is -2.47. The fourth-order valence-electron chi connectivity index (χ4n) is 1.85. The molecule has 0 saturated carbocycles. The second kappa shape index (κ2) is 8.83. The van der Waals surface area contributed by atoms with E-state index in [0.717, 1.165) is 30.3 Å². The highest BCUT2D eigenvalue weighted by Gasteiger charge is 2.27. The lowest BCUT2D eigenvalue weighted by Gasteiger charge is -2.29. The lowest BCUT2D eigenvalue weighted by atomic mass is 9.91. The van der Waals surface area contributed by atoms with Crippen LogP contribution >= 0.6 is 11.8 Å². The standard InChI is InChI=1S/C14H28N2S/c1-6-13(5)17-10-8-9-14(7-2,11-15)16-12(3)4/h12-13,16H,6-10H2,1-5H3. The van der Waals surface area contributed by atoms with E-state index in [1.165, 1.54) is 6.42 Å². The van der Waals surface area contributed by atoms with Gasteiger partial charge in [0, 0.05) is 11.3 Å². The highest BCUT2D eigenvalue weighted by atomic mass is 32.2. The van der Waals surface area contributed by atoms with Crippen molar-refractivity contribution < 1.29 is 0 Å². The summed E-state index contributed by atoms with van der Waals surface area (Å²) in [6.45, 7) is 10.8. The second-order valence-electron chi connectivity index (χ2n) is 5.04. The first-order valence-electron chi connectivity index (χ1n) is 6.80. The van der Waals surface area contributed by atoms with Gasteiger partial charge in [0.15, 0.2) is 0 Å². The minimum absolute atomic E-state index is 0.315. The normalized spacial score (nSPS) is 16.5. The van der Waals surface area contributed by atoms with E-state index >= 15 is 0 Å². The molecule has 0 aliphatic carbocycles. The van der Waals surface area contributed by atoms with Crippen LogP contribution in [0.25, 0.3) is 0 Å². The molecule has 0 heterocycles. The monoisotopic (exact) mass is 256 g/mol. The van der Waals surface area contributed by atoms with E-state index in [0.29, 0.717) is 6.04 Å². The van der Waals surface area contributed by atoms with E-state index in [4.69, 9.17) is 0 Å². The molecule has 0 saturated heterocycles. The van der Waals surface area contributed by atoms with Crippen molar-refractivity contribution >= 4 is 11.8 Å². The Morgan fingerprint density at radius 3 is 2.35 bits per heavy atom. The maximum Gasteiger partial charge on any atom is 0.106 e. The molecule has 0 rings (SSSR count). The summed E-state index contributed by atoms with van der Waals surface area (Å²) in [6.07, 6.45) is 4.19. The quantitative estimate of drug-likeness (QED) is 0.634. The van der Waals surface area contributed by atoms with Crippen LogP contribution in [0.5, 0.6) is 0 Å². The van der Waals surface area contributed by atoms with Crippen molar-refractivity contribution in [1.29, 1.82) is 5.26 Å². The summed E-state index contributed by atoms with van der Waals surface area (Å²) in [6, 6.07) is 2.85. The average Bonchev–Trinajstić information content (AvgIpc) is 2.32. The Kier molecular flexibility index (Phi) is 8.72. The first kappa shape index (κ1) is 16.8. The molecule has 2 atom stereocenters. The van der Waals surface area contributed by atoms with Gasteiger partial charge in [0.1, 0.15) is 5.54 Å². The Hall–Kier alpha value is -0.200. The molecular formula is C14H28N2S. The number of nitriles is 1. The summed E-state index contributed by atoms with van der Waals surface area (Å²) in [4.78, 5) is 0. The molecule has 0 aliphatic rings. The van der Waals surface area contributed by atoms with E-state index in [-0.39, 0.29) is 5.54 Å². The Bertz CT molecular complexity index is 235. The van der Waals surface area contributed by atoms with Crippen LogP contribution in [0.1, 0.15) is 60.3 Å². The van der Waals surface area contributed by atoms with Gasteiger partial charge in [-0.1, -0.05) is 20.8 Å². The van der Waals surface area contributed by atoms with Gasteiger partial charge in [0.25, 0.3) is 0 Å². The molecule has 0 radical (unpaired) electrons. The molecule has 0 amide bonds. The molecule has 0 aromatic carbocycles. The molecule has 3 heteroatoms. The number of thioether (sulfide) groups is 1. The summed E-state index contributed by atoms with van der Waals surface area (Å²) in [5, 5.41) is 13.5. The zero-order chi connectivity index (χ0) is 13.3. The van der Waals surface area contributed by atoms with Crippen LogP contribution in [0.2, 0.25) is 0 Å². The van der Waals surface area contributed by atoms with Crippen LogP contribution in [-0.4, -0.2) is 22.6 Å². The van der Waals surface area contributed by atoms with Crippen molar-refractivity contribution in [2.75, 3.05) is 5.75 Å². The Labute approximate surface area is 112 Å². The molecule has 0 spiro atoms. The number of nitrogens with zero attached hydrogens (tertiary/aromatic N) is 1. The summed E-state index contributed by atoms with van der Waals surface area (Å²) in [5.74, 6) is 1.16. The van der Waals surface area contributed by atoms with Gasteiger partial charge < -0.3 is 0 Å². The number of hydrogen-bond donors (Lipinski definition) is 1. The molecule has 2 unspecified atom stereocenters. The van der Waals surface area contributed by atoms with Crippen LogP contribution in [0.4, 0.5) is 0 Å². The van der Waals surface area contributed by atoms with Crippen molar-refractivity contribution in [3.8, 4) is 6.07 Å². The molecule has 0 aliphatic heterocycles. The zero-order valence-electron chi connectivity index (χ0n) is 12.0. The van der Waals surface area contributed by atoms with Crippen molar-refractivity contribution in [2.24, 2.45) is 0 Å². The zero-order valence-corrected chi connectivity index (χ0v) is 12.9. The van der Waals surface area contributed by atoms with Crippen molar-refractivity contribution in [3.05, 3.63) is 0 Å². The summed E-state index contributed by atoms with van der Waals surface area (Å²) in [5.41, 5.74) is -0.315. The van der Waals surface area contributed by atoms with Crippen molar-refractivity contribution in [1.82, 2.24) is 5.32 Å². The fraction of sp³-hybridized carbons (Fsp3) is 0.929. The smallest absolute Gasteiger partial charge is 0.106 e. The third kappa shape index (κ3) is 6.95. The van der Waals surface area contributed by atoms with Crippen LogP contribution in [0.3, 0.4) is 0 Å². The summed E-state index contributed by atoms with van der Waals surface area (Å²) >= 11 is 2.02. The van der Waals surface area contributed by atoms with Crippen LogP contribution < -0.4 is 5.32 Å². The van der Waals surface area contributed by atoms with E-state index in [1.807, 2.05) is 11.8 Å². The van der Waals surface area contributed by atoms with E-state index in [9.17, 15) is 5.26 Å². The largest absolute Gasteiger partial charge is 0.297 e. The number of hydrogen-bond acceptors (Lipinski definition) is 3. The van der Waals surface area contributed by atoms with Crippen molar-refractivity contribution in [3.63, 3.8) is 0 Å². The van der Waals surface area contributed by atoms with E-state index < -0.39 is 0 Å². The van der Waals surface area contributed by atoms with Gasteiger partial charge in [-0.2, -0.15) is 17.0 Å². The molecule has 1 N–H and O–H groups in total. The molecule has 17 heavy (non-hydrogen) atoms. The third-order valence-corrected chi connectivity index (χ3v) is 4.53. The Morgan fingerprint density at radius 2 is 1.94 bits per heavy atom. The van der Waals surface area contributed by atoms with Gasteiger partial charge in [-0.15, -0.1) is 0 Å². The van der Waals surface area contributed by atoms with Gasteiger partial charge in [-0.3, -0.25) is 5.32 Å². The van der Waals surface area contributed by atoms with Gasteiger partial charge in [-0.05, 0) is 45.3 Å². The molecule has 100 valence electrons. The van der Waals surface area contributed by atoms with Crippen LogP contribution in [-0.2, 0) is 0 Å². The topological polar surface area (TPSA) is 35.8 Å². The average molecular weight is 256 g/mol. The first-order valence-corrected chi connectivity index (χ1v) is 7.85. The summed E-state index contributed by atoms with van der Waals surface area (Å²) in [7, 11) is 0. The maximum absolute atomic E-state index is 9.36. The van der Waals surface area contributed by atoms with Gasteiger partial charge in [0.2, 0.25) is 0 Å². The molecule has 0 bridgehead atoms. The molecule has 0 aromatic rings. The summed E-state index contributed by atoms with van der Waals surface area (Å²) < 4.78 is 0. The predicted octanol–water partition coefficient (Wildman–Crippen LogP) is 3.97. The van der Waals surface area contributed by atoms with Crippen LogP contribution in [0.15, 0.2) is 0 Å². The van der Waals surface area contributed by atoms with E-state index in [1.54, 1.807) is 0 Å².